The third kappa shape index (κ3) is 3.93. The molecule has 0 radical (unpaired) electrons. The first kappa shape index (κ1) is 13.8. The third-order valence-corrected chi connectivity index (χ3v) is 2.71. The van der Waals surface area contributed by atoms with E-state index in [-0.39, 0.29) is 11.6 Å². The number of benzene rings is 1. The van der Waals surface area contributed by atoms with Crippen molar-refractivity contribution in [2.24, 2.45) is 0 Å². The lowest BCUT2D eigenvalue weighted by atomic mass is 10.00. The van der Waals surface area contributed by atoms with Gasteiger partial charge in [-0.3, -0.25) is 0 Å². The summed E-state index contributed by atoms with van der Waals surface area (Å²) in [5.74, 6) is -0.982. The van der Waals surface area contributed by atoms with Crippen molar-refractivity contribution in [2.75, 3.05) is 6.54 Å². The molecule has 0 saturated carbocycles. The van der Waals surface area contributed by atoms with Gasteiger partial charge < -0.3 is 5.32 Å². The molecule has 0 aliphatic carbocycles. The minimum absolute atomic E-state index is 0.0821. The molecule has 1 nitrogen and oxygen atoms in total. The van der Waals surface area contributed by atoms with Gasteiger partial charge in [-0.15, -0.1) is 0 Å². The van der Waals surface area contributed by atoms with E-state index in [9.17, 15) is 8.78 Å². The van der Waals surface area contributed by atoms with Gasteiger partial charge in [0.25, 0.3) is 0 Å². The SMILES string of the molecule is C=C(C)C(Cc1c(F)cccc1F)NCCC. The van der Waals surface area contributed by atoms with Crippen LogP contribution in [0.15, 0.2) is 30.4 Å². The average Bonchev–Trinajstić information content (AvgIpc) is 2.27. The predicted octanol–water partition coefficient (Wildman–Crippen LogP) is 3.45. The molecule has 1 unspecified atom stereocenters. The molecule has 0 amide bonds. The highest BCUT2D eigenvalue weighted by Crippen LogP contribution is 2.16. The van der Waals surface area contributed by atoms with Crippen molar-refractivity contribution in [3.05, 3.63) is 47.5 Å². The summed E-state index contributed by atoms with van der Waals surface area (Å²) in [5, 5.41) is 3.24. The summed E-state index contributed by atoms with van der Waals surface area (Å²) in [5.41, 5.74) is 1.02. The molecule has 3 heteroatoms. The van der Waals surface area contributed by atoms with Crippen LogP contribution in [0, 0.1) is 11.6 Å². The van der Waals surface area contributed by atoms with E-state index in [4.69, 9.17) is 0 Å². The molecule has 1 rings (SSSR count). The standard InChI is InChI=1S/C14H19F2N/c1-4-8-17-14(10(2)3)9-11-12(15)6-5-7-13(11)16/h5-7,14,17H,2,4,8-9H2,1,3H3. The number of nitrogens with one attached hydrogen (secondary N) is 1. The summed E-state index contributed by atoms with van der Waals surface area (Å²) in [4.78, 5) is 0. The highest BCUT2D eigenvalue weighted by Gasteiger charge is 2.15. The van der Waals surface area contributed by atoms with Crippen LogP contribution in [0.1, 0.15) is 25.8 Å². The van der Waals surface area contributed by atoms with Crippen LogP contribution >= 0.6 is 0 Å². The first-order valence-electron chi connectivity index (χ1n) is 5.88. The zero-order valence-electron chi connectivity index (χ0n) is 10.4. The van der Waals surface area contributed by atoms with Gasteiger partial charge in [0.15, 0.2) is 0 Å². The molecule has 0 aromatic heterocycles. The summed E-state index contributed by atoms with van der Waals surface area (Å²) in [6.45, 7) is 8.58. The molecule has 1 aromatic rings. The van der Waals surface area contributed by atoms with Crippen LogP contribution in [-0.4, -0.2) is 12.6 Å². The van der Waals surface area contributed by atoms with Crippen LogP contribution in [0.2, 0.25) is 0 Å². The fourth-order valence-electron chi connectivity index (χ4n) is 1.67. The minimum atomic E-state index is -0.491. The van der Waals surface area contributed by atoms with E-state index < -0.39 is 11.6 Å². The Hall–Kier alpha value is -1.22. The van der Waals surface area contributed by atoms with Crippen molar-refractivity contribution in [1.29, 1.82) is 0 Å². The van der Waals surface area contributed by atoms with Crippen molar-refractivity contribution >= 4 is 0 Å². The summed E-state index contributed by atoms with van der Waals surface area (Å²) in [7, 11) is 0. The lowest BCUT2D eigenvalue weighted by molar-refractivity contribution is 0.511. The van der Waals surface area contributed by atoms with Crippen molar-refractivity contribution in [1.82, 2.24) is 5.32 Å². The van der Waals surface area contributed by atoms with Crippen molar-refractivity contribution in [3.8, 4) is 0 Å². The zero-order chi connectivity index (χ0) is 12.8. The number of hydrogen-bond donors (Lipinski definition) is 1. The monoisotopic (exact) mass is 239 g/mol. The van der Waals surface area contributed by atoms with E-state index in [1.165, 1.54) is 18.2 Å². The van der Waals surface area contributed by atoms with E-state index in [1.807, 2.05) is 13.8 Å². The largest absolute Gasteiger partial charge is 0.310 e. The van der Waals surface area contributed by atoms with Gasteiger partial charge in [0.05, 0.1) is 0 Å². The van der Waals surface area contributed by atoms with Gasteiger partial charge in [0, 0.05) is 11.6 Å². The molecule has 0 aliphatic rings. The van der Waals surface area contributed by atoms with E-state index in [1.54, 1.807) is 0 Å². The van der Waals surface area contributed by atoms with E-state index in [2.05, 4.69) is 11.9 Å². The Morgan fingerprint density at radius 1 is 1.35 bits per heavy atom. The van der Waals surface area contributed by atoms with Crippen molar-refractivity contribution < 1.29 is 8.78 Å². The van der Waals surface area contributed by atoms with Crippen molar-refractivity contribution in [2.45, 2.75) is 32.7 Å². The number of hydrogen-bond acceptors (Lipinski definition) is 1. The fourth-order valence-corrected chi connectivity index (χ4v) is 1.67. The topological polar surface area (TPSA) is 12.0 Å². The predicted molar refractivity (Wildman–Crippen MR) is 67.0 cm³/mol. The molecule has 0 aliphatic heterocycles. The Morgan fingerprint density at radius 3 is 2.41 bits per heavy atom. The molecule has 1 atom stereocenters. The molecule has 0 bridgehead atoms. The molecular formula is C14H19F2N. The Balaban J connectivity index is 2.82. The Morgan fingerprint density at radius 2 is 1.94 bits per heavy atom. The molecule has 0 saturated heterocycles. The normalized spacial score (nSPS) is 12.5. The van der Waals surface area contributed by atoms with E-state index >= 15 is 0 Å². The molecule has 17 heavy (non-hydrogen) atoms. The van der Waals surface area contributed by atoms with Crippen LogP contribution in [0.25, 0.3) is 0 Å². The Kier molecular flexibility index (Phi) is 5.29. The molecule has 0 heterocycles. The Labute approximate surface area is 102 Å². The second-order valence-corrected chi connectivity index (χ2v) is 4.26. The number of rotatable bonds is 6. The van der Waals surface area contributed by atoms with Gasteiger partial charge in [-0.05, 0) is 38.4 Å². The maximum absolute atomic E-state index is 13.5. The third-order valence-electron chi connectivity index (χ3n) is 2.71. The maximum Gasteiger partial charge on any atom is 0.129 e. The van der Waals surface area contributed by atoms with Crippen LogP contribution in [0.3, 0.4) is 0 Å². The second kappa shape index (κ2) is 6.50. The molecule has 94 valence electrons. The Bertz CT molecular complexity index is 368. The van der Waals surface area contributed by atoms with Gasteiger partial charge in [-0.25, -0.2) is 8.78 Å². The lowest BCUT2D eigenvalue weighted by Crippen LogP contribution is -2.33. The van der Waals surface area contributed by atoms with Crippen LogP contribution < -0.4 is 5.32 Å². The quantitative estimate of drug-likeness (QED) is 0.750. The minimum Gasteiger partial charge on any atom is -0.310 e. The van der Waals surface area contributed by atoms with E-state index in [0.717, 1.165) is 18.5 Å². The lowest BCUT2D eigenvalue weighted by Gasteiger charge is -2.19. The van der Waals surface area contributed by atoms with Gasteiger partial charge in [-0.2, -0.15) is 0 Å². The number of halogens is 2. The van der Waals surface area contributed by atoms with E-state index in [0.29, 0.717) is 6.42 Å². The summed E-state index contributed by atoms with van der Waals surface area (Å²) in [6.07, 6.45) is 1.28. The smallest absolute Gasteiger partial charge is 0.129 e. The zero-order valence-corrected chi connectivity index (χ0v) is 10.4. The molecular weight excluding hydrogens is 220 g/mol. The van der Waals surface area contributed by atoms with Crippen LogP contribution in [0.5, 0.6) is 0 Å². The van der Waals surface area contributed by atoms with Crippen molar-refractivity contribution in [3.63, 3.8) is 0 Å². The molecule has 0 spiro atoms. The van der Waals surface area contributed by atoms with Gasteiger partial charge in [-0.1, -0.05) is 25.1 Å². The molecule has 0 fully saturated rings. The summed E-state index contributed by atoms with van der Waals surface area (Å²) in [6, 6.07) is 3.87. The fraction of sp³-hybridized carbons (Fsp3) is 0.429. The average molecular weight is 239 g/mol. The first-order chi connectivity index (χ1) is 8.06. The maximum atomic E-state index is 13.5. The highest BCUT2D eigenvalue weighted by atomic mass is 19.1. The summed E-state index contributed by atoms with van der Waals surface area (Å²) >= 11 is 0. The van der Waals surface area contributed by atoms with Gasteiger partial charge >= 0.3 is 0 Å². The molecule has 1 N–H and O–H groups in total. The van der Waals surface area contributed by atoms with Crippen LogP contribution in [0.4, 0.5) is 8.78 Å². The van der Waals surface area contributed by atoms with Gasteiger partial charge in [0.1, 0.15) is 11.6 Å². The highest BCUT2D eigenvalue weighted by molar-refractivity contribution is 5.23. The van der Waals surface area contributed by atoms with Crippen LogP contribution in [-0.2, 0) is 6.42 Å². The molecule has 1 aromatic carbocycles. The van der Waals surface area contributed by atoms with Gasteiger partial charge in [0.2, 0.25) is 0 Å². The first-order valence-corrected chi connectivity index (χ1v) is 5.88. The summed E-state index contributed by atoms with van der Waals surface area (Å²) < 4.78 is 27.0. The second-order valence-electron chi connectivity index (χ2n) is 4.26.